The lowest BCUT2D eigenvalue weighted by Gasteiger charge is -2.17. The number of likely N-dealkylation sites (tertiary alicyclic amines) is 1. The average molecular weight is 439 g/mol. The molecule has 1 amide bonds. The van der Waals surface area contributed by atoms with Gasteiger partial charge in [-0.25, -0.2) is 0 Å². The Morgan fingerprint density at radius 1 is 1.16 bits per heavy atom. The van der Waals surface area contributed by atoms with Crippen LogP contribution < -0.4 is 10.1 Å². The average Bonchev–Trinajstić information content (AvgIpc) is 3.28. The molecule has 6 nitrogen and oxygen atoms in total. The van der Waals surface area contributed by atoms with Crippen LogP contribution in [0.5, 0.6) is 5.75 Å². The number of hydrogen-bond donors (Lipinski definition) is 1. The maximum absolute atomic E-state index is 13.0. The second-order valence-corrected chi connectivity index (χ2v) is 8.17. The van der Waals surface area contributed by atoms with Crippen molar-refractivity contribution in [2.24, 2.45) is 0 Å². The summed E-state index contributed by atoms with van der Waals surface area (Å²) in [4.78, 5) is 26.7. The van der Waals surface area contributed by atoms with E-state index >= 15 is 0 Å². The molecule has 0 bridgehead atoms. The van der Waals surface area contributed by atoms with Crippen LogP contribution >= 0.6 is 0 Å². The first-order chi connectivity index (χ1) is 15.6. The number of unbranched alkanes of at least 4 members (excludes halogenated alkanes) is 2. The fraction of sp³-hybridized carbons (Fsp3) is 0.462. The third-order valence-corrected chi connectivity index (χ3v) is 5.93. The van der Waals surface area contributed by atoms with Crippen LogP contribution in [-0.2, 0) is 14.3 Å². The van der Waals surface area contributed by atoms with Crippen LogP contribution in [0.2, 0.25) is 0 Å². The predicted octanol–water partition coefficient (Wildman–Crippen LogP) is 4.09. The smallest absolute Gasteiger partial charge is 0.305 e. The molecular formula is C26H34N2O4. The Bertz CT molecular complexity index is 935. The number of fused-ring (bicyclic) bond motifs is 1. The van der Waals surface area contributed by atoms with Gasteiger partial charge in [-0.3, -0.25) is 9.59 Å². The van der Waals surface area contributed by atoms with Gasteiger partial charge in [-0.15, -0.1) is 0 Å². The molecule has 2 aromatic rings. The van der Waals surface area contributed by atoms with E-state index in [1.807, 2.05) is 48.5 Å². The predicted molar refractivity (Wildman–Crippen MR) is 127 cm³/mol. The highest BCUT2D eigenvalue weighted by Crippen LogP contribution is 2.25. The lowest BCUT2D eigenvalue weighted by molar-refractivity contribution is -0.140. The molecule has 1 aliphatic heterocycles. The van der Waals surface area contributed by atoms with E-state index in [-0.39, 0.29) is 24.5 Å². The molecule has 2 aromatic carbocycles. The zero-order valence-electron chi connectivity index (χ0n) is 19.1. The van der Waals surface area contributed by atoms with Crippen LogP contribution in [0.3, 0.4) is 0 Å². The Morgan fingerprint density at radius 2 is 1.97 bits per heavy atom. The summed E-state index contributed by atoms with van der Waals surface area (Å²) < 4.78 is 10.8. The van der Waals surface area contributed by atoms with Gasteiger partial charge in [0.05, 0.1) is 12.7 Å². The van der Waals surface area contributed by atoms with Gasteiger partial charge in [-0.05, 0) is 43.7 Å². The number of carbonyl (C=O) groups excluding carboxylic acids is 2. The summed E-state index contributed by atoms with van der Waals surface area (Å²) in [5.74, 6) is 0.500. The van der Waals surface area contributed by atoms with Crippen molar-refractivity contribution in [1.29, 1.82) is 0 Å². The molecule has 6 heteroatoms. The number of benzene rings is 2. The number of nitrogens with one attached hydrogen (secondary N) is 1. The van der Waals surface area contributed by atoms with E-state index in [9.17, 15) is 9.59 Å². The zero-order chi connectivity index (χ0) is 22.8. The molecule has 1 aliphatic rings. The first kappa shape index (κ1) is 23.8. The first-order valence-corrected chi connectivity index (χ1v) is 11.5. The molecule has 3 rings (SSSR count). The van der Waals surface area contributed by atoms with Crippen LogP contribution in [0.1, 0.15) is 39.0 Å². The van der Waals surface area contributed by atoms with Crippen molar-refractivity contribution in [3.05, 3.63) is 54.1 Å². The number of ether oxygens (including phenoxy) is 2. The zero-order valence-corrected chi connectivity index (χ0v) is 19.1. The van der Waals surface area contributed by atoms with Gasteiger partial charge in [0, 0.05) is 30.9 Å². The number of esters is 1. The minimum absolute atomic E-state index is 0.0684. The molecule has 0 radical (unpaired) electrons. The largest absolute Gasteiger partial charge is 0.488 e. The van der Waals surface area contributed by atoms with E-state index in [2.05, 4.69) is 21.9 Å². The molecule has 1 saturated heterocycles. The van der Waals surface area contributed by atoms with Crippen molar-refractivity contribution >= 4 is 22.6 Å². The van der Waals surface area contributed by atoms with Gasteiger partial charge < -0.3 is 19.7 Å². The van der Waals surface area contributed by atoms with Crippen LogP contribution in [0.15, 0.2) is 54.1 Å². The van der Waals surface area contributed by atoms with Crippen molar-refractivity contribution in [1.82, 2.24) is 10.2 Å². The molecule has 1 atom stereocenters. The van der Waals surface area contributed by atoms with Crippen molar-refractivity contribution in [2.75, 3.05) is 33.4 Å². The Labute approximate surface area is 190 Å². The number of amides is 1. The molecule has 0 saturated carbocycles. The quantitative estimate of drug-likeness (QED) is 0.325. The van der Waals surface area contributed by atoms with Crippen molar-refractivity contribution in [2.45, 2.75) is 45.1 Å². The van der Waals surface area contributed by atoms with Crippen LogP contribution in [-0.4, -0.2) is 56.2 Å². The van der Waals surface area contributed by atoms with Gasteiger partial charge in [0.15, 0.2) is 0 Å². The fourth-order valence-electron chi connectivity index (χ4n) is 4.00. The number of carbonyl (C=O) groups is 2. The molecule has 1 unspecified atom stereocenters. The van der Waals surface area contributed by atoms with E-state index in [1.54, 1.807) is 0 Å². The molecule has 32 heavy (non-hydrogen) atoms. The summed E-state index contributed by atoms with van der Waals surface area (Å²) in [7, 11) is 1.40. The molecule has 1 heterocycles. The standard InChI is InChI=1S/C26H34N2O4/c1-3-28-17-16-22(18-28)27-26(30)21(11-5-4-6-15-25(29)31-2)19-32-24-14-9-12-20-10-7-8-13-23(20)24/h7-14,22H,3-6,15-19H2,1-2H3,(H,27,30)/b21-11+. The minimum atomic E-state index is -0.201. The van der Waals surface area contributed by atoms with E-state index in [1.165, 1.54) is 7.11 Å². The fourth-order valence-corrected chi connectivity index (χ4v) is 4.00. The SMILES string of the molecule is CCN1CCC(NC(=O)/C(=C/CCCCC(=O)OC)COc2cccc3ccccc23)C1. The monoisotopic (exact) mass is 438 g/mol. The molecule has 172 valence electrons. The Kier molecular flexibility index (Phi) is 9.11. The molecule has 0 spiro atoms. The minimum Gasteiger partial charge on any atom is -0.488 e. The summed E-state index contributed by atoms with van der Waals surface area (Å²) in [6.45, 7) is 5.25. The lowest BCUT2D eigenvalue weighted by atomic mass is 10.1. The third-order valence-electron chi connectivity index (χ3n) is 5.93. The second kappa shape index (κ2) is 12.2. The van der Waals surface area contributed by atoms with E-state index in [0.29, 0.717) is 18.4 Å². The number of hydrogen-bond acceptors (Lipinski definition) is 5. The normalized spacial score (nSPS) is 16.8. The third kappa shape index (κ3) is 6.82. The highest BCUT2D eigenvalue weighted by molar-refractivity contribution is 5.94. The number of likely N-dealkylation sites (N-methyl/N-ethyl adjacent to an activating group) is 1. The number of nitrogens with zero attached hydrogens (tertiary/aromatic N) is 1. The summed E-state index contributed by atoms with van der Waals surface area (Å²) in [6.07, 6.45) is 5.57. The topological polar surface area (TPSA) is 67.9 Å². The Balaban J connectivity index is 1.64. The summed E-state index contributed by atoms with van der Waals surface area (Å²) in [6, 6.07) is 14.2. The molecule has 1 N–H and O–H groups in total. The van der Waals surface area contributed by atoms with Crippen LogP contribution in [0.4, 0.5) is 0 Å². The van der Waals surface area contributed by atoms with Crippen molar-refractivity contribution in [3.8, 4) is 5.75 Å². The molecule has 0 aliphatic carbocycles. The molecule has 1 fully saturated rings. The van der Waals surface area contributed by atoms with Gasteiger partial charge in [-0.2, -0.15) is 0 Å². The highest BCUT2D eigenvalue weighted by atomic mass is 16.5. The number of allylic oxidation sites excluding steroid dienone is 1. The highest BCUT2D eigenvalue weighted by Gasteiger charge is 2.24. The summed E-state index contributed by atoms with van der Waals surface area (Å²) >= 11 is 0. The van der Waals surface area contributed by atoms with Gasteiger partial charge in [-0.1, -0.05) is 49.4 Å². The van der Waals surface area contributed by atoms with E-state index in [0.717, 1.165) is 55.4 Å². The van der Waals surface area contributed by atoms with Crippen LogP contribution in [0, 0.1) is 0 Å². The number of rotatable bonds is 11. The lowest BCUT2D eigenvalue weighted by Crippen LogP contribution is -2.38. The van der Waals surface area contributed by atoms with Gasteiger partial charge in [0.1, 0.15) is 12.4 Å². The van der Waals surface area contributed by atoms with Crippen molar-refractivity contribution < 1.29 is 19.1 Å². The Hall–Kier alpha value is -2.86. The number of methoxy groups -OCH3 is 1. The van der Waals surface area contributed by atoms with Crippen molar-refractivity contribution in [3.63, 3.8) is 0 Å². The van der Waals surface area contributed by atoms with Gasteiger partial charge in [0.25, 0.3) is 5.91 Å². The van der Waals surface area contributed by atoms with Gasteiger partial charge in [0.2, 0.25) is 0 Å². The maximum atomic E-state index is 13.0. The Morgan fingerprint density at radius 3 is 2.75 bits per heavy atom. The first-order valence-electron chi connectivity index (χ1n) is 11.5. The van der Waals surface area contributed by atoms with Gasteiger partial charge >= 0.3 is 5.97 Å². The molecule has 0 aromatic heterocycles. The molecular weight excluding hydrogens is 404 g/mol. The van der Waals surface area contributed by atoms with E-state index < -0.39 is 0 Å². The van der Waals surface area contributed by atoms with E-state index in [4.69, 9.17) is 4.74 Å². The summed E-state index contributed by atoms with van der Waals surface area (Å²) in [5, 5.41) is 5.32. The second-order valence-electron chi connectivity index (χ2n) is 8.17. The summed E-state index contributed by atoms with van der Waals surface area (Å²) in [5.41, 5.74) is 0.631. The van der Waals surface area contributed by atoms with Crippen LogP contribution in [0.25, 0.3) is 10.8 Å². The maximum Gasteiger partial charge on any atom is 0.305 e.